The second-order valence-electron chi connectivity index (χ2n) is 11.9. The number of fused-ring (bicyclic) bond motifs is 1. The third-order valence-corrected chi connectivity index (χ3v) is 6.80. The molecule has 0 atom stereocenters. The average Bonchev–Trinajstić information content (AvgIpc) is 2.82. The Bertz CT molecular complexity index is 1230. The number of benzene rings is 1. The van der Waals surface area contributed by atoms with Gasteiger partial charge in [0.15, 0.2) is 5.78 Å². The summed E-state index contributed by atoms with van der Waals surface area (Å²) in [4.78, 5) is 20.5. The molecule has 37 heavy (non-hydrogen) atoms. The fourth-order valence-corrected chi connectivity index (χ4v) is 3.53. The van der Waals surface area contributed by atoms with Gasteiger partial charge in [-0.3, -0.25) is 9.78 Å². The van der Waals surface area contributed by atoms with Gasteiger partial charge in [-0.2, -0.15) is 0 Å². The first-order chi connectivity index (χ1) is 16.6. The van der Waals surface area contributed by atoms with Gasteiger partial charge in [0.25, 0.3) is 0 Å². The summed E-state index contributed by atoms with van der Waals surface area (Å²) in [6.07, 6.45) is 7.30. The number of pyridine rings is 2. The molecule has 0 aliphatic rings. The van der Waals surface area contributed by atoms with Gasteiger partial charge in [0.2, 0.25) is 0 Å². The molecule has 0 fully saturated rings. The number of aromatic nitrogens is 2. The predicted octanol–water partition coefficient (Wildman–Crippen LogP) is 8.57. The van der Waals surface area contributed by atoms with Crippen molar-refractivity contribution in [1.82, 2.24) is 9.97 Å². The zero-order chi connectivity index (χ0) is 27.3. The molecule has 4 nitrogen and oxygen atoms in total. The van der Waals surface area contributed by atoms with Crippen LogP contribution in [0.4, 0.5) is 0 Å². The molecular formula is C32H43IrN2O2-. The van der Waals surface area contributed by atoms with Gasteiger partial charge >= 0.3 is 0 Å². The number of aryl methyl sites for hydroxylation is 1. The molecule has 2 aromatic heterocycles. The Kier molecular flexibility index (Phi) is 11.4. The van der Waals surface area contributed by atoms with Crippen LogP contribution in [-0.2, 0) is 30.3 Å². The molecule has 0 saturated heterocycles. The molecule has 0 amide bonds. The van der Waals surface area contributed by atoms with Crippen molar-refractivity contribution in [3.63, 3.8) is 0 Å². The van der Waals surface area contributed by atoms with Crippen LogP contribution in [0.3, 0.4) is 0 Å². The minimum absolute atomic E-state index is 0. The standard InChI is InChI=1S/C21H23N2.C11H20O2.Ir/c1-5-21(4,6-2)18-11-15(3)10-17(12-18)20-13-19-16(14-23-20)8-7-9-22-19;1-10(2,3)8(12)7-9(13)11(4,5)6;/h7-9,11-14H,5-6H2,1-4H3;7,12H,1-6H3;/q-1;;/b;8-7-;. The van der Waals surface area contributed by atoms with Crippen molar-refractivity contribution >= 4 is 16.7 Å². The van der Waals surface area contributed by atoms with Crippen LogP contribution in [0.25, 0.3) is 22.2 Å². The first-order valence-electron chi connectivity index (χ1n) is 12.8. The van der Waals surface area contributed by atoms with Crippen LogP contribution in [0, 0.1) is 23.8 Å². The maximum atomic E-state index is 11.5. The van der Waals surface area contributed by atoms with Crippen LogP contribution < -0.4 is 0 Å². The van der Waals surface area contributed by atoms with Crippen LogP contribution in [0.2, 0.25) is 0 Å². The Morgan fingerprint density at radius 3 is 2.14 bits per heavy atom. The van der Waals surface area contributed by atoms with E-state index >= 15 is 0 Å². The molecular weight excluding hydrogens is 637 g/mol. The van der Waals surface area contributed by atoms with E-state index in [0.29, 0.717) is 0 Å². The third kappa shape index (κ3) is 8.86. The molecule has 0 unspecified atom stereocenters. The zero-order valence-electron chi connectivity index (χ0n) is 24.1. The number of carbonyl (C=O) groups excluding carboxylic acids is 1. The number of carbonyl (C=O) groups is 1. The third-order valence-electron chi connectivity index (χ3n) is 6.80. The van der Waals surface area contributed by atoms with Crippen LogP contribution in [0.15, 0.2) is 54.6 Å². The molecule has 0 aliphatic carbocycles. The molecule has 0 bridgehead atoms. The minimum atomic E-state index is -0.417. The first kappa shape index (κ1) is 32.7. The van der Waals surface area contributed by atoms with Crippen molar-refractivity contribution in [2.75, 3.05) is 0 Å². The smallest absolute Gasteiger partial charge is 0.164 e. The van der Waals surface area contributed by atoms with Crippen molar-refractivity contribution < 1.29 is 30.0 Å². The Morgan fingerprint density at radius 2 is 1.59 bits per heavy atom. The zero-order valence-corrected chi connectivity index (χ0v) is 26.5. The number of hydrogen-bond acceptors (Lipinski definition) is 4. The van der Waals surface area contributed by atoms with Gasteiger partial charge in [-0.15, -0.1) is 34.9 Å². The summed E-state index contributed by atoms with van der Waals surface area (Å²) in [5.41, 5.74) is 4.94. The topological polar surface area (TPSA) is 63.1 Å². The molecule has 1 radical (unpaired) electrons. The molecule has 2 heterocycles. The SMILES string of the molecule is CC(C)(C)C(=O)/C=C(\O)C(C)(C)C.CCC(C)(CC)c1cc(C)[c-]c(-c2cc3ncccc3cn2)c1.[Ir]. The van der Waals surface area contributed by atoms with E-state index in [2.05, 4.69) is 61.9 Å². The summed E-state index contributed by atoms with van der Waals surface area (Å²) in [5.74, 6) is 0.104. The number of hydrogen-bond donors (Lipinski definition) is 1. The van der Waals surface area contributed by atoms with Crippen LogP contribution >= 0.6 is 0 Å². The van der Waals surface area contributed by atoms with E-state index in [4.69, 9.17) is 0 Å². The minimum Gasteiger partial charge on any atom is -0.512 e. The molecule has 5 heteroatoms. The predicted molar refractivity (Wildman–Crippen MR) is 151 cm³/mol. The van der Waals surface area contributed by atoms with E-state index in [-0.39, 0.29) is 42.5 Å². The fraction of sp³-hybridized carbons (Fsp3) is 0.469. The molecule has 0 spiro atoms. The van der Waals surface area contributed by atoms with Crippen molar-refractivity contribution in [3.05, 3.63) is 71.8 Å². The van der Waals surface area contributed by atoms with Crippen LogP contribution in [-0.4, -0.2) is 20.9 Å². The molecule has 0 aliphatic heterocycles. The molecule has 1 aromatic carbocycles. The Balaban J connectivity index is 0.000000423. The van der Waals surface area contributed by atoms with Gasteiger partial charge < -0.3 is 10.1 Å². The Labute approximate surface area is 237 Å². The van der Waals surface area contributed by atoms with E-state index in [9.17, 15) is 9.90 Å². The normalized spacial score (nSPS) is 12.4. The van der Waals surface area contributed by atoms with Crippen molar-refractivity contribution in [2.24, 2.45) is 10.8 Å². The molecule has 203 valence electrons. The number of rotatable bonds is 5. The monoisotopic (exact) mass is 680 g/mol. The van der Waals surface area contributed by atoms with Crippen LogP contribution in [0.1, 0.15) is 86.3 Å². The van der Waals surface area contributed by atoms with Crippen LogP contribution in [0.5, 0.6) is 0 Å². The van der Waals surface area contributed by atoms with E-state index in [1.165, 1.54) is 11.6 Å². The van der Waals surface area contributed by atoms with E-state index < -0.39 is 5.41 Å². The van der Waals surface area contributed by atoms with Gasteiger partial charge in [0, 0.05) is 54.8 Å². The molecule has 3 rings (SSSR count). The Morgan fingerprint density at radius 1 is 0.973 bits per heavy atom. The first-order valence-corrected chi connectivity index (χ1v) is 12.8. The summed E-state index contributed by atoms with van der Waals surface area (Å²) >= 11 is 0. The number of ketones is 1. The van der Waals surface area contributed by atoms with Crippen molar-refractivity contribution in [2.45, 2.75) is 87.5 Å². The quantitative estimate of drug-likeness (QED) is 0.167. The molecule has 0 saturated carbocycles. The van der Waals surface area contributed by atoms with E-state index in [0.717, 1.165) is 40.6 Å². The summed E-state index contributed by atoms with van der Waals surface area (Å²) in [7, 11) is 0. The van der Waals surface area contributed by atoms with Crippen molar-refractivity contribution in [3.8, 4) is 11.3 Å². The number of aliphatic hydroxyl groups excluding tert-OH is 1. The largest absolute Gasteiger partial charge is 0.512 e. The number of allylic oxidation sites excluding steroid dienone is 2. The summed E-state index contributed by atoms with van der Waals surface area (Å²) in [6, 6.07) is 14.0. The van der Waals surface area contributed by atoms with E-state index in [1.54, 1.807) is 0 Å². The summed E-state index contributed by atoms with van der Waals surface area (Å²) in [5, 5.41) is 10.6. The van der Waals surface area contributed by atoms with Gasteiger partial charge in [-0.1, -0.05) is 75.3 Å². The Hall–Kier alpha value is -2.36. The average molecular weight is 680 g/mol. The second kappa shape index (κ2) is 12.9. The number of nitrogens with zero attached hydrogens (tertiary/aromatic N) is 2. The maximum Gasteiger partial charge on any atom is 0.164 e. The van der Waals surface area contributed by atoms with Gasteiger partial charge in [-0.05, 0) is 36.1 Å². The molecule has 1 N–H and O–H groups in total. The van der Waals surface area contributed by atoms with Gasteiger partial charge in [0.05, 0.1) is 5.52 Å². The van der Waals surface area contributed by atoms with Gasteiger partial charge in [-0.25, -0.2) is 0 Å². The van der Waals surface area contributed by atoms with Crippen molar-refractivity contribution in [1.29, 1.82) is 0 Å². The second-order valence-corrected chi connectivity index (χ2v) is 11.9. The summed E-state index contributed by atoms with van der Waals surface area (Å²) in [6.45, 7) is 20.1. The van der Waals surface area contributed by atoms with Gasteiger partial charge in [0.1, 0.15) is 5.76 Å². The fourth-order valence-electron chi connectivity index (χ4n) is 3.53. The molecule has 3 aromatic rings. The maximum absolute atomic E-state index is 11.5. The van der Waals surface area contributed by atoms with E-state index in [1.807, 2.05) is 66.1 Å². The number of aliphatic hydroxyl groups is 1. The summed E-state index contributed by atoms with van der Waals surface area (Å²) < 4.78 is 0.